The van der Waals surface area contributed by atoms with Crippen LogP contribution in [0.2, 0.25) is 0 Å². The zero-order chi connectivity index (χ0) is 12.1. The highest BCUT2D eigenvalue weighted by Gasteiger charge is 2.20. The Morgan fingerprint density at radius 1 is 1.00 bits per heavy atom. The van der Waals surface area contributed by atoms with Crippen LogP contribution in [0.15, 0.2) is 6.07 Å². The van der Waals surface area contributed by atoms with Crippen molar-refractivity contribution >= 4 is 0 Å². The molecule has 5 heteroatoms. The summed E-state index contributed by atoms with van der Waals surface area (Å²) in [6, 6.07) is 0.156. The van der Waals surface area contributed by atoms with Crippen LogP contribution in [0.3, 0.4) is 0 Å². The van der Waals surface area contributed by atoms with Gasteiger partial charge in [0.2, 0.25) is 11.6 Å². The molecule has 1 rings (SSSR count). The predicted octanol–water partition coefficient (Wildman–Crippen LogP) is 3.81. The van der Waals surface area contributed by atoms with Gasteiger partial charge in [0, 0.05) is 6.07 Å². The smallest absolute Gasteiger partial charge is 0.203 e. The summed E-state index contributed by atoms with van der Waals surface area (Å²) in [5.74, 6) is -6.87. The Bertz CT molecular complexity index is 339. The van der Waals surface area contributed by atoms with Gasteiger partial charge in [-0.05, 0) is 6.42 Å². The molecule has 0 heterocycles. The van der Waals surface area contributed by atoms with E-state index in [0.717, 1.165) is 12.8 Å². The van der Waals surface area contributed by atoms with E-state index >= 15 is 0 Å². The topological polar surface area (TPSA) is 9.23 Å². The molecule has 0 N–H and O–H groups in total. The molecule has 0 aromatic heterocycles. The van der Waals surface area contributed by atoms with E-state index in [1.165, 1.54) is 0 Å². The second-order valence-corrected chi connectivity index (χ2v) is 3.35. The van der Waals surface area contributed by atoms with Gasteiger partial charge in [0.1, 0.15) is 0 Å². The average molecular weight is 236 g/mol. The van der Waals surface area contributed by atoms with Gasteiger partial charge in [0.05, 0.1) is 6.61 Å². The molecule has 0 radical (unpaired) electrons. The van der Waals surface area contributed by atoms with Crippen LogP contribution in [0.5, 0.6) is 5.75 Å². The first-order chi connectivity index (χ1) is 7.57. The van der Waals surface area contributed by atoms with Gasteiger partial charge in [-0.15, -0.1) is 0 Å². The maximum absolute atomic E-state index is 13.0. The summed E-state index contributed by atoms with van der Waals surface area (Å²) in [6.45, 7) is 1.98. The normalized spacial score (nSPS) is 10.6. The lowest BCUT2D eigenvalue weighted by atomic mass is 10.2. The number of rotatable bonds is 5. The molecule has 0 amide bonds. The van der Waals surface area contributed by atoms with Crippen molar-refractivity contribution in [3.8, 4) is 5.75 Å². The summed E-state index contributed by atoms with van der Waals surface area (Å²) < 4.78 is 56.3. The third-order valence-electron chi connectivity index (χ3n) is 2.07. The van der Waals surface area contributed by atoms with Gasteiger partial charge in [-0.1, -0.05) is 19.8 Å². The predicted molar refractivity (Wildman–Crippen MR) is 51.3 cm³/mol. The fourth-order valence-corrected chi connectivity index (χ4v) is 1.20. The monoisotopic (exact) mass is 236 g/mol. The van der Waals surface area contributed by atoms with Gasteiger partial charge in [0.15, 0.2) is 17.4 Å². The molecule has 0 spiro atoms. The van der Waals surface area contributed by atoms with Crippen molar-refractivity contribution in [3.63, 3.8) is 0 Å². The Morgan fingerprint density at radius 2 is 1.56 bits per heavy atom. The van der Waals surface area contributed by atoms with Crippen LogP contribution >= 0.6 is 0 Å². The minimum absolute atomic E-state index is 0.0323. The first-order valence-electron chi connectivity index (χ1n) is 5.03. The Labute approximate surface area is 91.0 Å². The largest absolute Gasteiger partial charge is 0.487 e. The van der Waals surface area contributed by atoms with E-state index in [9.17, 15) is 17.6 Å². The molecule has 90 valence electrons. The first kappa shape index (κ1) is 12.8. The van der Waals surface area contributed by atoms with E-state index in [1.807, 2.05) is 6.92 Å². The highest BCUT2D eigenvalue weighted by molar-refractivity contribution is 5.28. The number of halogens is 4. The summed E-state index contributed by atoms with van der Waals surface area (Å²) in [6.07, 6.45) is 2.31. The third kappa shape index (κ3) is 2.87. The Kier molecular flexibility index (Phi) is 4.58. The lowest BCUT2D eigenvalue weighted by Crippen LogP contribution is -2.05. The van der Waals surface area contributed by atoms with Gasteiger partial charge < -0.3 is 4.74 Å². The second-order valence-electron chi connectivity index (χ2n) is 3.35. The first-order valence-corrected chi connectivity index (χ1v) is 5.03. The molecular weight excluding hydrogens is 224 g/mol. The SMILES string of the molecule is CCCCCOc1c(F)c(F)cc(F)c1F. The molecule has 0 saturated carbocycles. The summed E-state index contributed by atoms with van der Waals surface area (Å²) >= 11 is 0. The van der Waals surface area contributed by atoms with Crippen LogP contribution in [0.25, 0.3) is 0 Å². The molecule has 0 fully saturated rings. The molecule has 0 aliphatic heterocycles. The van der Waals surface area contributed by atoms with Crippen molar-refractivity contribution in [3.05, 3.63) is 29.3 Å². The molecule has 1 aromatic carbocycles. The number of benzene rings is 1. The van der Waals surface area contributed by atoms with Crippen molar-refractivity contribution in [2.24, 2.45) is 0 Å². The molecule has 1 aromatic rings. The minimum Gasteiger partial charge on any atom is -0.487 e. The lowest BCUT2D eigenvalue weighted by Gasteiger charge is -2.08. The van der Waals surface area contributed by atoms with Crippen LogP contribution in [0.1, 0.15) is 26.2 Å². The summed E-state index contributed by atoms with van der Waals surface area (Å²) in [7, 11) is 0. The van der Waals surface area contributed by atoms with Crippen LogP contribution in [-0.4, -0.2) is 6.61 Å². The van der Waals surface area contributed by atoms with Gasteiger partial charge in [-0.25, -0.2) is 8.78 Å². The summed E-state index contributed by atoms with van der Waals surface area (Å²) in [4.78, 5) is 0. The van der Waals surface area contributed by atoms with Crippen LogP contribution in [-0.2, 0) is 0 Å². The van der Waals surface area contributed by atoms with Gasteiger partial charge in [-0.2, -0.15) is 8.78 Å². The van der Waals surface area contributed by atoms with Crippen molar-refractivity contribution in [2.75, 3.05) is 6.61 Å². The van der Waals surface area contributed by atoms with Gasteiger partial charge in [0.25, 0.3) is 0 Å². The molecule has 0 aliphatic carbocycles. The maximum Gasteiger partial charge on any atom is 0.203 e. The molecule has 0 unspecified atom stereocenters. The average Bonchev–Trinajstić information content (AvgIpc) is 2.25. The van der Waals surface area contributed by atoms with Crippen molar-refractivity contribution < 1.29 is 22.3 Å². The fraction of sp³-hybridized carbons (Fsp3) is 0.455. The molecule has 1 nitrogen and oxygen atoms in total. The van der Waals surface area contributed by atoms with E-state index < -0.39 is 29.0 Å². The molecule has 16 heavy (non-hydrogen) atoms. The maximum atomic E-state index is 13.0. The van der Waals surface area contributed by atoms with E-state index in [4.69, 9.17) is 4.74 Å². The number of hydrogen-bond acceptors (Lipinski definition) is 1. The van der Waals surface area contributed by atoms with Crippen molar-refractivity contribution in [1.82, 2.24) is 0 Å². The zero-order valence-corrected chi connectivity index (χ0v) is 8.83. The molecule has 0 bridgehead atoms. The Morgan fingerprint density at radius 3 is 2.06 bits per heavy atom. The minimum atomic E-state index is -1.49. The highest BCUT2D eigenvalue weighted by Crippen LogP contribution is 2.26. The van der Waals surface area contributed by atoms with Gasteiger partial charge >= 0.3 is 0 Å². The molecule has 0 atom stereocenters. The van der Waals surface area contributed by atoms with Crippen LogP contribution in [0.4, 0.5) is 17.6 Å². The Hall–Kier alpha value is -1.26. The quantitative estimate of drug-likeness (QED) is 0.429. The highest BCUT2D eigenvalue weighted by atomic mass is 19.2. The van der Waals surface area contributed by atoms with E-state index in [2.05, 4.69) is 0 Å². The van der Waals surface area contributed by atoms with Gasteiger partial charge in [-0.3, -0.25) is 0 Å². The fourth-order valence-electron chi connectivity index (χ4n) is 1.20. The molecule has 0 aliphatic rings. The van der Waals surface area contributed by atoms with Crippen molar-refractivity contribution in [2.45, 2.75) is 26.2 Å². The lowest BCUT2D eigenvalue weighted by molar-refractivity contribution is 0.264. The van der Waals surface area contributed by atoms with Crippen LogP contribution < -0.4 is 4.74 Å². The summed E-state index contributed by atoms with van der Waals surface area (Å²) in [5.41, 5.74) is 0. The zero-order valence-electron chi connectivity index (χ0n) is 8.83. The molecule has 0 saturated heterocycles. The number of hydrogen-bond donors (Lipinski definition) is 0. The summed E-state index contributed by atoms with van der Waals surface area (Å²) in [5, 5.41) is 0. The Balaban J connectivity index is 2.78. The number of unbranched alkanes of at least 4 members (excludes halogenated alkanes) is 2. The van der Waals surface area contributed by atoms with E-state index in [0.29, 0.717) is 6.42 Å². The number of ether oxygens (including phenoxy) is 1. The standard InChI is InChI=1S/C11H12F4O/c1-2-3-4-5-16-11-9(14)7(12)6-8(13)10(11)15/h6H,2-5H2,1H3. The van der Waals surface area contributed by atoms with E-state index in [-0.39, 0.29) is 12.7 Å². The third-order valence-corrected chi connectivity index (χ3v) is 2.07. The van der Waals surface area contributed by atoms with Crippen LogP contribution in [0, 0.1) is 23.3 Å². The second kappa shape index (κ2) is 5.72. The van der Waals surface area contributed by atoms with E-state index in [1.54, 1.807) is 0 Å². The van der Waals surface area contributed by atoms with Crippen molar-refractivity contribution in [1.29, 1.82) is 0 Å². The molecular formula is C11H12F4O.